The Bertz CT molecular complexity index is 580. The number of ether oxygens (including phenoxy) is 1. The van der Waals surface area contributed by atoms with Crippen LogP contribution in [0.5, 0.6) is 0 Å². The number of carbonyl (C=O) groups is 2. The molecular formula is C23H43N5O3. The van der Waals surface area contributed by atoms with Crippen LogP contribution < -0.4 is 5.32 Å². The molecule has 1 N–H and O–H groups in total. The number of morpholine rings is 1. The Morgan fingerprint density at radius 3 is 2.35 bits per heavy atom. The predicted molar refractivity (Wildman–Crippen MR) is 122 cm³/mol. The Labute approximate surface area is 188 Å². The van der Waals surface area contributed by atoms with Crippen LogP contribution in [0.25, 0.3) is 0 Å². The van der Waals surface area contributed by atoms with Gasteiger partial charge in [0.25, 0.3) is 0 Å². The van der Waals surface area contributed by atoms with Crippen LogP contribution in [0.4, 0.5) is 0 Å². The minimum atomic E-state index is 0.0660. The van der Waals surface area contributed by atoms with Gasteiger partial charge in [-0.2, -0.15) is 0 Å². The van der Waals surface area contributed by atoms with E-state index in [0.717, 1.165) is 71.8 Å². The lowest BCUT2D eigenvalue weighted by molar-refractivity contribution is -0.136. The van der Waals surface area contributed by atoms with E-state index in [-0.39, 0.29) is 17.9 Å². The Balaban J connectivity index is 1.30. The average Bonchev–Trinajstić information content (AvgIpc) is 2.74. The van der Waals surface area contributed by atoms with Gasteiger partial charge in [-0.25, -0.2) is 0 Å². The summed E-state index contributed by atoms with van der Waals surface area (Å²) in [6.07, 6.45) is 3.56. The molecule has 3 aliphatic rings. The van der Waals surface area contributed by atoms with E-state index in [4.69, 9.17) is 4.74 Å². The van der Waals surface area contributed by atoms with Crippen molar-refractivity contribution >= 4 is 11.8 Å². The van der Waals surface area contributed by atoms with Gasteiger partial charge < -0.3 is 15.0 Å². The van der Waals surface area contributed by atoms with Gasteiger partial charge in [0.2, 0.25) is 11.8 Å². The van der Waals surface area contributed by atoms with E-state index in [2.05, 4.69) is 45.7 Å². The topological polar surface area (TPSA) is 68.4 Å². The van der Waals surface area contributed by atoms with Crippen molar-refractivity contribution in [3.05, 3.63) is 0 Å². The molecule has 3 aliphatic heterocycles. The van der Waals surface area contributed by atoms with Crippen LogP contribution in [0.15, 0.2) is 0 Å². The van der Waals surface area contributed by atoms with Crippen molar-refractivity contribution in [1.82, 2.24) is 24.9 Å². The molecule has 178 valence electrons. The van der Waals surface area contributed by atoms with Crippen molar-refractivity contribution < 1.29 is 14.3 Å². The van der Waals surface area contributed by atoms with Gasteiger partial charge in [-0.05, 0) is 32.1 Å². The molecule has 3 heterocycles. The highest BCUT2D eigenvalue weighted by Crippen LogP contribution is 2.17. The molecule has 2 amide bonds. The van der Waals surface area contributed by atoms with Crippen molar-refractivity contribution in [2.75, 3.05) is 78.6 Å². The highest BCUT2D eigenvalue weighted by Gasteiger charge is 2.27. The predicted octanol–water partition coefficient (Wildman–Crippen LogP) is 0.478. The molecule has 2 atom stereocenters. The molecule has 3 rings (SSSR count). The lowest BCUT2D eigenvalue weighted by atomic mass is 10.0. The fraction of sp³-hybridized carbons (Fsp3) is 0.913. The van der Waals surface area contributed by atoms with E-state index >= 15 is 0 Å². The number of rotatable bonds is 8. The van der Waals surface area contributed by atoms with E-state index in [1.54, 1.807) is 0 Å². The zero-order chi connectivity index (χ0) is 22.2. The number of amides is 2. The third-order valence-electron chi connectivity index (χ3n) is 6.69. The molecule has 0 radical (unpaired) electrons. The van der Waals surface area contributed by atoms with Gasteiger partial charge in [0.1, 0.15) is 0 Å². The molecule has 0 aromatic carbocycles. The summed E-state index contributed by atoms with van der Waals surface area (Å²) < 4.78 is 5.83. The van der Waals surface area contributed by atoms with Crippen LogP contribution in [0.2, 0.25) is 0 Å². The third-order valence-corrected chi connectivity index (χ3v) is 6.69. The first-order chi connectivity index (χ1) is 14.9. The summed E-state index contributed by atoms with van der Waals surface area (Å²) in [4.78, 5) is 34.0. The Hall–Kier alpha value is -1.22. The summed E-state index contributed by atoms with van der Waals surface area (Å²) in [7, 11) is 0. The molecule has 0 saturated carbocycles. The molecule has 3 saturated heterocycles. The van der Waals surface area contributed by atoms with Gasteiger partial charge in [0.05, 0.1) is 25.8 Å². The largest absolute Gasteiger partial charge is 0.374 e. The molecule has 0 aromatic heterocycles. The number of hydrogen-bond acceptors (Lipinski definition) is 6. The normalized spacial score (nSPS) is 26.9. The number of piperidine rings is 1. The van der Waals surface area contributed by atoms with Gasteiger partial charge in [0, 0.05) is 64.9 Å². The zero-order valence-electron chi connectivity index (χ0n) is 19.9. The molecule has 31 heavy (non-hydrogen) atoms. The molecule has 3 fully saturated rings. The van der Waals surface area contributed by atoms with E-state index in [0.29, 0.717) is 31.6 Å². The van der Waals surface area contributed by atoms with Crippen LogP contribution in [-0.2, 0) is 14.3 Å². The molecule has 0 aromatic rings. The Kier molecular flexibility index (Phi) is 9.56. The van der Waals surface area contributed by atoms with Crippen LogP contribution in [0.1, 0.15) is 40.0 Å². The van der Waals surface area contributed by atoms with E-state index < -0.39 is 0 Å². The van der Waals surface area contributed by atoms with Crippen molar-refractivity contribution in [2.45, 2.75) is 52.2 Å². The summed E-state index contributed by atoms with van der Waals surface area (Å²) in [5.74, 6) is 0.971. The van der Waals surface area contributed by atoms with Crippen LogP contribution in [-0.4, -0.2) is 122 Å². The fourth-order valence-corrected chi connectivity index (χ4v) is 4.93. The van der Waals surface area contributed by atoms with Gasteiger partial charge in [0.15, 0.2) is 0 Å². The van der Waals surface area contributed by atoms with E-state index in [1.165, 1.54) is 6.42 Å². The van der Waals surface area contributed by atoms with Crippen molar-refractivity contribution in [1.29, 1.82) is 0 Å². The molecular weight excluding hydrogens is 394 g/mol. The maximum absolute atomic E-state index is 12.6. The highest BCUT2D eigenvalue weighted by atomic mass is 16.5. The minimum absolute atomic E-state index is 0.0660. The molecule has 8 nitrogen and oxygen atoms in total. The summed E-state index contributed by atoms with van der Waals surface area (Å²) in [5, 5.41) is 3.06. The minimum Gasteiger partial charge on any atom is -0.374 e. The lowest BCUT2D eigenvalue weighted by Gasteiger charge is -2.38. The zero-order valence-corrected chi connectivity index (χ0v) is 19.9. The lowest BCUT2D eigenvalue weighted by Crippen LogP contribution is -2.54. The van der Waals surface area contributed by atoms with Gasteiger partial charge in [-0.15, -0.1) is 0 Å². The second-order valence-corrected chi connectivity index (χ2v) is 9.93. The number of likely N-dealkylation sites (tertiary alicyclic amines) is 1. The maximum atomic E-state index is 12.6. The summed E-state index contributed by atoms with van der Waals surface area (Å²) in [6, 6.07) is 0.372. The highest BCUT2D eigenvalue weighted by molar-refractivity contribution is 5.79. The maximum Gasteiger partial charge on any atom is 0.236 e. The summed E-state index contributed by atoms with van der Waals surface area (Å²) in [6.45, 7) is 16.1. The first-order valence-electron chi connectivity index (χ1n) is 12.3. The first-order valence-corrected chi connectivity index (χ1v) is 12.3. The van der Waals surface area contributed by atoms with Crippen molar-refractivity contribution in [3.8, 4) is 0 Å². The fourth-order valence-electron chi connectivity index (χ4n) is 4.93. The third kappa shape index (κ3) is 8.00. The molecule has 0 spiro atoms. The molecule has 0 bridgehead atoms. The quantitative estimate of drug-likeness (QED) is 0.596. The number of carbonyl (C=O) groups excluding carboxylic acids is 2. The molecule has 0 aliphatic carbocycles. The average molecular weight is 438 g/mol. The Morgan fingerprint density at radius 1 is 0.968 bits per heavy atom. The van der Waals surface area contributed by atoms with E-state index in [9.17, 15) is 9.59 Å². The number of hydrogen-bond donors (Lipinski definition) is 1. The van der Waals surface area contributed by atoms with Crippen LogP contribution in [0.3, 0.4) is 0 Å². The number of piperazine rings is 1. The van der Waals surface area contributed by atoms with Crippen molar-refractivity contribution in [3.63, 3.8) is 0 Å². The van der Waals surface area contributed by atoms with E-state index in [1.807, 2.05) is 0 Å². The van der Waals surface area contributed by atoms with Crippen LogP contribution in [0, 0.1) is 5.92 Å². The summed E-state index contributed by atoms with van der Waals surface area (Å²) >= 11 is 0. The number of nitrogens with zero attached hydrogens (tertiary/aromatic N) is 4. The first kappa shape index (κ1) is 24.4. The second kappa shape index (κ2) is 12.1. The van der Waals surface area contributed by atoms with Gasteiger partial charge in [-0.3, -0.25) is 24.3 Å². The smallest absolute Gasteiger partial charge is 0.236 e. The van der Waals surface area contributed by atoms with Gasteiger partial charge in [-0.1, -0.05) is 13.8 Å². The second-order valence-electron chi connectivity index (χ2n) is 9.93. The van der Waals surface area contributed by atoms with Crippen molar-refractivity contribution in [2.24, 2.45) is 5.92 Å². The standard InChI is InChI=1S/C23H43N5O3/c1-19(2)15-27-12-13-31-21(16-27)14-24-22(29)17-25-8-10-26(11-9-25)18-23(30)28-7-5-4-6-20(28)3/h19-21H,4-18H2,1-3H3,(H,24,29). The molecule has 2 unspecified atom stereocenters. The van der Waals surface area contributed by atoms with Crippen LogP contribution >= 0.6 is 0 Å². The summed E-state index contributed by atoms with van der Waals surface area (Å²) in [5.41, 5.74) is 0. The molecule has 8 heteroatoms. The number of nitrogens with one attached hydrogen (secondary N) is 1. The van der Waals surface area contributed by atoms with Gasteiger partial charge >= 0.3 is 0 Å². The Morgan fingerprint density at radius 2 is 1.68 bits per heavy atom. The SMILES string of the molecule is CC(C)CN1CCOC(CNC(=O)CN2CCN(CC(=O)N3CCCCC3C)CC2)C1. The monoisotopic (exact) mass is 437 g/mol.